The summed E-state index contributed by atoms with van der Waals surface area (Å²) in [6, 6.07) is 0.499. The Hall–Kier alpha value is -0.0800. The highest BCUT2D eigenvalue weighted by Gasteiger charge is 2.40. The van der Waals surface area contributed by atoms with Crippen molar-refractivity contribution in [3.63, 3.8) is 0 Å². The van der Waals surface area contributed by atoms with E-state index in [0.717, 1.165) is 6.61 Å². The van der Waals surface area contributed by atoms with Gasteiger partial charge in [0.25, 0.3) is 0 Å². The molecular weight excluding hydrogens is 162 g/mol. The van der Waals surface area contributed by atoms with Crippen molar-refractivity contribution in [2.24, 2.45) is 5.41 Å². The topological polar surface area (TPSA) is 21.3 Å². The highest BCUT2D eigenvalue weighted by molar-refractivity contribution is 4.94. The number of hydrogen-bond donors (Lipinski definition) is 1. The van der Waals surface area contributed by atoms with Gasteiger partial charge in [0.05, 0.1) is 6.61 Å². The molecule has 0 aromatic rings. The van der Waals surface area contributed by atoms with Gasteiger partial charge in [0.2, 0.25) is 0 Å². The fourth-order valence-corrected chi connectivity index (χ4v) is 1.92. The van der Waals surface area contributed by atoms with Crippen molar-refractivity contribution in [1.82, 2.24) is 5.32 Å². The average Bonchev–Trinajstić information content (AvgIpc) is 2.84. The average molecular weight is 185 g/mol. The van der Waals surface area contributed by atoms with Crippen LogP contribution in [0.2, 0.25) is 0 Å². The summed E-state index contributed by atoms with van der Waals surface area (Å²) in [5.74, 6) is 0. The maximum Gasteiger partial charge on any atom is 0.0613 e. The van der Waals surface area contributed by atoms with Crippen LogP contribution in [0.4, 0.5) is 0 Å². The Labute approximate surface area is 82.0 Å². The Morgan fingerprint density at radius 3 is 2.62 bits per heavy atom. The predicted molar refractivity (Wildman–Crippen MR) is 55.9 cm³/mol. The minimum Gasteiger partial charge on any atom is -0.383 e. The summed E-state index contributed by atoms with van der Waals surface area (Å²) in [5.41, 5.74) is 0.663. The van der Waals surface area contributed by atoms with Crippen molar-refractivity contribution in [3.8, 4) is 0 Å². The van der Waals surface area contributed by atoms with E-state index in [4.69, 9.17) is 4.74 Å². The summed E-state index contributed by atoms with van der Waals surface area (Å²) < 4.78 is 5.09. The molecule has 0 amide bonds. The molecule has 2 nitrogen and oxygen atoms in total. The fourth-order valence-electron chi connectivity index (χ4n) is 1.92. The molecule has 1 rings (SSSR count). The van der Waals surface area contributed by atoms with Gasteiger partial charge >= 0.3 is 0 Å². The van der Waals surface area contributed by atoms with E-state index >= 15 is 0 Å². The summed E-state index contributed by atoms with van der Waals surface area (Å²) in [7, 11) is 1.76. The molecule has 0 aliphatic heterocycles. The zero-order valence-corrected chi connectivity index (χ0v) is 9.23. The first-order chi connectivity index (χ1) is 6.22. The highest BCUT2D eigenvalue weighted by atomic mass is 16.5. The Bertz CT molecular complexity index is 143. The van der Waals surface area contributed by atoms with Crippen LogP contribution < -0.4 is 5.32 Å². The highest BCUT2D eigenvalue weighted by Crippen LogP contribution is 2.48. The lowest BCUT2D eigenvalue weighted by atomic mass is 10.0. The molecular formula is C11H23NO. The minimum absolute atomic E-state index is 0.499. The molecule has 0 aromatic carbocycles. The number of methoxy groups -OCH3 is 1. The second kappa shape index (κ2) is 4.97. The summed E-state index contributed by atoms with van der Waals surface area (Å²) in [4.78, 5) is 0. The van der Waals surface area contributed by atoms with Crippen molar-refractivity contribution in [3.05, 3.63) is 0 Å². The van der Waals surface area contributed by atoms with Gasteiger partial charge < -0.3 is 10.1 Å². The molecule has 0 aromatic heterocycles. The molecule has 1 fully saturated rings. The van der Waals surface area contributed by atoms with Gasteiger partial charge in [-0.25, -0.2) is 0 Å². The SMILES string of the molecule is CCCC1(CNC(C)COC)CC1. The summed E-state index contributed by atoms with van der Waals surface area (Å²) in [6.45, 7) is 6.47. The summed E-state index contributed by atoms with van der Waals surface area (Å²) in [5, 5.41) is 3.55. The number of ether oxygens (including phenoxy) is 1. The first kappa shape index (κ1) is 11.0. The van der Waals surface area contributed by atoms with Crippen molar-refractivity contribution in [2.75, 3.05) is 20.3 Å². The van der Waals surface area contributed by atoms with Gasteiger partial charge in [-0.3, -0.25) is 0 Å². The van der Waals surface area contributed by atoms with Crippen molar-refractivity contribution in [1.29, 1.82) is 0 Å². The largest absolute Gasteiger partial charge is 0.383 e. The van der Waals surface area contributed by atoms with E-state index < -0.39 is 0 Å². The molecule has 0 spiro atoms. The third kappa shape index (κ3) is 3.65. The zero-order chi connectivity index (χ0) is 9.73. The van der Waals surface area contributed by atoms with Gasteiger partial charge in [0.1, 0.15) is 0 Å². The second-order valence-corrected chi connectivity index (χ2v) is 4.49. The van der Waals surface area contributed by atoms with Gasteiger partial charge in [0, 0.05) is 19.7 Å². The molecule has 0 heterocycles. The molecule has 1 saturated carbocycles. The molecule has 0 bridgehead atoms. The Balaban J connectivity index is 2.10. The molecule has 78 valence electrons. The lowest BCUT2D eigenvalue weighted by molar-refractivity contribution is 0.168. The maximum absolute atomic E-state index is 5.09. The molecule has 1 aliphatic carbocycles. The molecule has 2 heteroatoms. The van der Waals surface area contributed by atoms with E-state index in [2.05, 4.69) is 19.2 Å². The molecule has 1 N–H and O–H groups in total. The summed E-state index contributed by atoms with van der Waals surface area (Å²) in [6.07, 6.45) is 5.56. The van der Waals surface area contributed by atoms with Crippen molar-refractivity contribution in [2.45, 2.75) is 45.6 Å². The molecule has 1 atom stereocenters. The monoisotopic (exact) mass is 185 g/mol. The lowest BCUT2D eigenvalue weighted by Gasteiger charge is -2.18. The normalized spacial score (nSPS) is 21.5. The third-order valence-electron chi connectivity index (χ3n) is 2.98. The van der Waals surface area contributed by atoms with Crippen LogP contribution in [0.5, 0.6) is 0 Å². The first-order valence-corrected chi connectivity index (χ1v) is 5.45. The van der Waals surface area contributed by atoms with Gasteiger partial charge in [0.15, 0.2) is 0 Å². The lowest BCUT2D eigenvalue weighted by Crippen LogP contribution is -2.34. The van der Waals surface area contributed by atoms with E-state index in [1.54, 1.807) is 7.11 Å². The minimum atomic E-state index is 0.499. The Morgan fingerprint density at radius 1 is 1.46 bits per heavy atom. The van der Waals surface area contributed by atoms with E-state index in [0.29, 0.717) is 11.5 Å². The van der Waals surface area contributed by atoms with E-state index in [1.165, 1.54) is 32.2 Å². The smallest absolute Gasteiger partial charge is 0.0613 e. The van der Waals surface area contributed by atoms with E-state index in [-0.39, 0.29) is 0 Å². The molecule has 13 heavy (non-hydrogen) atoms. The van der Waals surface area contributed by atoms with E-state index in [1.807, 2.05) is 0 Å². The van der Waals surface area contributed by atoms with Crippen molar-refractivity contribution >= 4 is 0 Å². The van der Waals surface area contributed by atoms with E-state index in [9.17, 15) is 0 Å². The predicted octanol–water partition coefficient (Wildman–Crippen LogP) is 2.19. The van der Waals surface area contributed by atoms with Crippen LogP contribution in [0.25, 0.3) is 0 Å². The number of rotatable bonds is 7. The van der Waals surface area contributed by atoms with Crippen LogP contribution >= 0.6 is 0 Å². The van der Waals surface area contributed by atoms with Gasteiger partial charge in [-0.2, -0.15) is 0 Å². The zero-order valence-electron chi connectivity index (χ0n) is 9.23. The molecule has 0 saturated heterocycles. The van der Waals surface area contributed by atoms with Crippen LogP contribution in [-0.2, 0) is 4.74 Å². The van der Waals surface area contributed by atoms with Crippen LogP contribution in [0.3, 0.4) is 0 Å². The number of hydrogen-bond acceptors (Lipinski definition) is 2. The maximum atomic E-state index is 5.09. The Kier molecular flexibility index (Phi) is 4.20. The van der Waals surface area contributed by atoms with Crippen LogP contribution in [0, 0.1) is 5.41 Å². The number of nitrogens with one attached hydrogen (secondary N) is 1. The standard InChI is InChI=1S/C11H23NO/c1-4-5-11(6-7-11)9-12-10(2)8-13-3/h10,12H,4-9H2,1-3H3. The van der Waals surface area contributed by atoms with Crippen LogP contribution in [0.1, 0.15) is 39.5 Å². The van der Waals surface area contributed by atoms with Crippen LogP contribution in [-0.4, -0.2) is 26.3 Å². The van der Waals surface area contributed by atoms with Crippen molar-refractivity contribution < 1.29 is 4.74 Å². The summed E-state index contributed by atoms with van der Waals surface area (Å²) >= 11 is 0. The molecule has 0 radical (unpaired) electrons. The van der Waals surface area contributed by atoms with Gasteiger partial charge in [-0.15, -0.1) is 0 Å². The fraction of sp³-hybridized carbons (Fsp3) is 1.00. The molecule has 1 aliphatic rings. The first-order valence-electron chi connectivity index (χ1n) is 5.45. The Morgan fingerprint density at radius 2 is 2.15 bits per heavy atom. The molecule has 1 unspecified atom stereocenters. The van der Waals surface area contributed by atoms with Crippen LogP contribution in [0.15, 0.2) is 0 Å². The third-order valence-corrected chi connectivity index (χ3v) is 2.98. The van der Waals surface area contributed by atoms with Gasteiger partial charge in [-0.1, -0.05) is 13.3 Å². The second-order valence-electron chi connectivity index (χ2n) is 4.49. The van der Waals surface area contributed by atoms with Gasteiger partial charge in [-0.05, 0) is 31.6 Å². The quantitative estimate of drug-likeness (QED) is 0.656.